The summed E-state index contributed by atoms with van der Waals surface area (Å²) in [5, 5.41) is 3.21. The van der Waals surface area contributed by atoms with Gasteiger partial charge in [-0.3, -0.25) is 9.59 Å². The van der Waals surface area contributed by atoms with E-state index >= 15 is 0 Å². The molecule has 0 aromatic heterocycles. The van der Waals surface area contributed by atoms with Crippen molar-refractivity contribution in [2.75, 3.05) is 14.2 Å². The van der Waals surface area contributed by atoms with Crippen LogP contribution in [0.4, 0.5) is 0 Å². The fraction of sp³-hybridized carbons (Fsp3) is 0.800. The number of methoxy groups -OCH3 is 2. The fourth-order valence-electron chi connectivity index (χ4n) is 2.97. The van der Waals surface area contributed by atoms with E-state index in [0.717, 1.165) is 0 Å². The van der Waals surface area contributed by atoms with E-state index < -0.39 is 23.8 Å². The predicted octanol–water partition coefficient (Wildman–Crippen LogP) is -1.31. The lowest BCUT2D eigenvalue weighted by atomic mass is 9.79. The highest BCUT2D eigenvalue weighted by atomic mass is 16.6. The van der Waals surface area contributed by atoms with Crippen molar-refractivity contribution in [3.8, 4) is 0 Å². The molecule has 3 heterocycles. The molecule has 0 amide bonds. The van der Waals surface area contributed by atoms with Crippen LogP contribution in [-0.4, -0.2) is 50.4 Å². The lowest BCUT2D eigenvalue weighted by Gasteiger charge is -2.22. The van der Waals surface area contributed by atoms with E-state index in [1.165, 1.54) is 14.2 Å². The van der Waals surface area contributed by atoms with Crippen LogP contribution in [-0.2, 0) is 23.8 Å². The van der Waals surface area contributed by atoms with Crippen LogP contribution in [0.5, 0.6) is 0 Å². The Balaban J connectivity index is 1.89. The van der Waals surface area contributed by atoms with Gasteiger partial charge in [0.2, 0.25) is 0 Å². The molecule has 0 saturated carbocycles. The zero-order valence-electron chi connectivity index (χ0n) is 9.01. The molecule has 0 aromatic rings. The summed E-state index contributed by atoms with van der Waals surface area (Å²) in [5.74, 6) is -1.84. The second-order valence-electron chi connectivity index (χ2n) is 4.38. The first-order valence-electron chi connectivity index (χ1n) is 5.26. The lowest BCUT2D eigenvalue weighted by Crippen LogP contribution is -2.42. The average Bonchev–Trinajstić information content (AvgIpc) is 2.93. The quantitative estimate of drug-likeness (QED) is 0.465. The van der Waals surface area contributed by atoms with Crippen LogP contribution in [0.2, 0.25) is 0 Å². The molecular formula is C10H13NO5. The first kappa shape index (κ1) is 10.0. The van der Waals surface area contributed by atoms with Crippen molar-refractivity contribution in [2.45, 2.75) is 24.3 Å². The highest BCUT2D eigenvalue weighted by Crippen LogP contribution is 2.50. The summed E-state index contributed by atoms with van der Waals surface area (Å²) < 4.78 is 15.1. The molecule has 0 aliphatic carbocycles. The van der Waals surface area contributed by atoms with E-state index in [0.29, 0.717) is 0 Å². The molecule has 6 nitrogen and oxygen atoms in total. The largest absolute Gasteiger partial charge is 0.469 e. The first-order valence-corrected chi connectivity index (χ1v) is 5.26. The van der Waals surface area contributed by atoms with Crippen LogP contribution in [0.3, 0.4) is 0 Å². The first-order chi connectivity index (χ1) is 7.69. The molecule has 3 rings (SSSR count). The van der Waals surface area contributed by atoms with E-state index in [4.69, 9.17) is 14.2 Å². The summed E-state index contributed by atoms with van der Waals surface area (Å²) >= 11 is 0. The Morgan fingerprint density at radius 2 is 1.44 bits per heavy atom. The highest BCUT2D eigenvalue weighted by Gasteiger charge is 2.71. The number of morpholine rings is 1. The van der Waals surface area contributed by atoms with Gasteiger partial charge in [0.05, 0.1) is 38.5 Å². The van der Waals surface area contributed by atoms with Crippen LogP contribution in [0.25, 0.3) is 0 Å². The Hall–Kier alpha value is -1.14. The maximum absolute atomic E-state index is 11.7. The number of hydrogen-bond acceptors (Lipinski definition) is 6. The van der Waals surface area contributed by atoms with Crippen molar-refractivity contribution in [3.05, 3.63) is 0 Å². The molecule has 1 N–H and O–H groups in total. The van der Waals surface area contributed by atoms with E-state index in [9.17, 15) is 9.59 Å². The number of carbonyl (C=O) groups excluding carboxylic acids is 2. The summed E-state index contributed by atoms with van der Waals surface area (Å²) in [6.07, 6.45) is -0.488. The number of rotatable bonds is 2. The Morgan fingerprint density at radius 3 is 1.81 bits per heavy atom. The van der Waals surface area contributed by atoms with E-state index in [1.54, 1.807) is 0 Å². The molecule has 6 atom stereocenters. The number of ether oxygens (including phenoxy) is 3. The molecule has 3 saturated heterocycles. The Morgan fingerprint density at radius 1 is 1.00 bits per heavy atom. The second kappa shape index (κ2) is 3.18. The van der Waals surface area contributed by atoms with Gasteiger partial charge in [-0.1, -0.05) is 0 Å². The van der Waals surface area contributed by atoms with Gasteiger partial charge in [0.15, 0.2) is 0 Å². The minimum absolute atomic E-state index is 0.204. The summed E-state index contributed by atoms with van der Waals surface area (Å²) in [4.78, 5) is 23.3. The van der Waals surface area contributed by atoms with Gasteiger partial charge in [0, 0.05) is 0 Å². The molecule has 88 valence electrons. The van der Waals surface area contributed by atoms with Gasteiger partial charge < -0.3 is 19.5 Å². The van der Waals surface area contributed by atoms with Gasteiger partial charge in [-0.2, -0.15) is 0 Å². The minimum Gasteiger partial charge on any atom is -0.469 e. The molecule has 0 radical (unpaired) electrons. The number of hydrogen-bond donors (Lipinski definition) is 1. The Labute approximate surface area is 92.2 Å². The van der Waals surface area contributed by atoms with Gasteiger partial charge >= 0.3 is 11.9 Å². The molecule has 0 aromatic carbocycles. The third kappa shape index (κ3) is 1.08. The molecular weight excluding hydrogens is 214 g/mol. The van der Waals surface area contributed by atoms with Gasteiger partial charge in [0.1, 0.15) is 11.8 Å². The lowest BCUT2D eigenvalue weighted by molar-refractivity contribution is -0.157. The molecule has 3 aliphatic heterocycles. The third-order valence-corrected chi connectivity index (χ3v) is 3.73. The average molecular weight is 227 g/mol. The molecule has 3 fully saturated rings. The van der Waals surface area contributed by atoms with Gasteiger partial charge in [-0.25, -0.2) is 0 Å². The van der Waals surface area contributed by atoms with Crippen molar-refractivity contribution in [1.29, 1.82) is 0 Å². The predicted molar refractivity (Wildman–Crippen MR) is 50.4 cm³/mol. The summed E-state index contributed by atoms with van der Waals surface area (Å²) in [6.45, 7) is 0. The van der Waals surface area contributed by atoms with E-state index in [1.807, 2.05) is 0 Å². The van der Waals surface area contributed by atoms with Gasteiger partial charge in [-0.15, -0.1) is 0 Å². The van der Waals surface area contributed by atoms with Crippen LogP contribution >= 0.6 is 0 Å². The molecule has 3 aliphatic rings. The van der Waals surface area contributed by atoms with E-state index in [2.05, 4.69) is 5.32 Å². The summed E-state index contributed by atoms with van der Waals surface area (Å²) in [7, 11) is 2.64. The van der Waals surface area contributed by atoms with Crippen LogP contribution < -0.4 is 5.32 Å². The summed E-state index contributed by atoms with van der Waals surface area (Å²) in [6, 6.07) is 0.407. The molecule has 2 bridgehead atoms. The van der Waals surface area contributed by atoms with Crippen LogP contribution in [0, 0.1) is 11.8 Å². The zero-order chi connectivity index (χ0) is 11.4. The number of esters is 2. The normalized spacial score (nSPS) is 47.4. The fourth-order valence-corrected chi connectivity index (χ4v) is 2.97. The highest BCUT2D eigenvalue weighted by molar-refractivity contribution is 5.85. The number of fused-ring (bicyclic) bond motifs is 5. The number of carbonyl (C=O) groups is 2. The second-order valence-corrected chi connectivity index (χ2v) is 4.38. The standard InChI is InChI=1S/C10H13NO5/c1-14-9(12)3-4(10(13)15-2)8-6-5(11-6)7(3)16-8/h3-8,11H,1-2H3/t3-,4-,5-,6+,7+,8-/m0/s1. The molecule has 16 heavy (non-hydrogen) atoms. The minimum atomic E-state index is -0.529. The van der Waals surface area contributed by atoms with Crippen molar-refractivity contribution in [1.82, 2.24) is 5.32 Å². The van der Waals surface area contributed by atoms with Crippen molar-refractivity contribution in [3.63, 3.8) is 0 Å². The van der Waals surface area contributed by atoms with Crippen molar-refractivity contribution in [2.24, 2.45) is 11.8 Å². The SMILES string of the molecule is COC(=O)[C@@H]1[C@@H]2O[C@@H]([C@H]3N[C@H]32)[C@H]1C(=O)OC. The summed E-state index contributed by atoms with van der Waals surface area (Å²) in [5.41, 5.74) is 0. The van der Waals surface area contributed by atoms with E-state index in [-0.39, 0.29) is 24.3 Å². The Bertz CT molecular complexity index is 325. The maximum atomic E-state index is 11.7. The van der Waals surface area contributed by atoms with Crippen LogP contribution in [0.1, 0.15) is 0 Å². The van der Waals surface area contributed by atoms with Crippen molar-refractivity contribution < 1.29 is 23.8 Å². The maximum Gasteiger partial charge on any atom is 0.312 e. The molecule has 0 spiro atoms. The van der Waals surface area contributed by atoms with Crippen LogP contribution in [0.15, 0.2) is 0 Å². The Kier molecular flexibility index (Phi) is 1.99. The van der Waals surface area contributed by atoms with Gasteiger partial charge in [-0.05, 0) is 0 Å². The topological polar surface area (TPSA) is 83.8 Å². The number of nitrogens with one attached hydrogen (secondary N) is 1. The smallest absolute Gasteiger partial charge is 0.312 e. The molecule has 6 heteroatoms. The molecule has 0 unspecified atom stereocenters. The third-order valence-electron chi connectivity index (χ3n) is 3.73. The van der Waals surface area contributed by atoms with Crippen molar-refractivity contribution >= 4 is 11.9 Å². The zero-order valence-corrected chi connectivity index (χ0v) is 9.01. The van der Waals surface area contributed by atoms with Gasteiger partial charge in [0.25, 0.3) is 0 Å². The monoisotopic (exact) mass is 227 g/mol.